The van der Waals surface area contributed by atoms with Gasteiger partial charge in [0.2, 0.25) is 5.91 Å². The van der Waals surface area contributed by atoms with Crippen molar-refractivity contribution in [2.45, 2.75) is 45.6 Å². The average Bonchev–Trinajstić information content (AvgIpc) is 2.52. The Bertz CT molecular complexity index is 592. The van der Waals surface area contributed by atoms with Crippen molar-refractivity contribution in [3.63, 3.8) is 0 Å². The van der Waals surface area contributed by atoms with Crippen LogP contribution in [-0.2, 0) is 4.79 Å². The van der Waals surface area contributed by atoms with E-state index in [4.69, 9.17) is 10.5 Å². The summed E-state index contributed by atoms with van der Waals surface area (Å²) in [5, 5.41) is 9.20. The van der Waals surface area contributed by atoms with Gasteiger partial charge in [0, 0.05) is 13.0 Å². The lowest BCUT2D eigenvalue weighted by Gasteiger charge is -2.36. The number of nitrogen functional groups attached to an aromatic ring is 1. The number of carbonyl (C=O) groups excluding carboxylic acids is 1. The molecule has 1 amide bonds. The normalized spacial score (nSPS) is 17.8. The number of anilines is 1. The maximum atomic E-state index is 12.4. The summed E-state index contributed by atoms with van der Waals surface area (Å²) < 4.78 is 5.84. The fourth-order valence-corrected chi connectivity index (χ4v) is 2.94. The number of nitrogens with zero attached hydrogens (tertiary/aromatic N) is 2. The Labute approximate surface area is 138 Å². The van der Waals surface area contributed by atoms with Gasteiger partial charge in [-0.25, -0.2) is 0 Å². The van der Waals surface area contributed by atoms with Crippen LogP contribution in [-0.4, -0.2) is 30.0 Å². The quantitative estimate of drug-likeness (QED) is 0.847. The fourth-order valence-electron chi connectivity index (χ4n) is 2.94. The second-order valence-electron chi connectivity index (χ2n) is 6.48. The van der Waals surface area contributed by atoms with Crippen molar-refractivity contribution in [2.24, 2.45) is 5.92 Å². The molecule has 23 heavy (non-hydrogen) atoms. The molecular formula is C18H25N3O2. The minimum absolute atomic E-state index is 0.0722. The molecule has 1 saturated heterocycles. The van der Waals surface area contributed by atoms with E-state index in [0.29, 0.717) is 35.9 Å². The summed E-state index contributed by atoms with van der Waals surface area (Å²) >= 11 is 0. The van der Waals surface area contributed by atoms with Crippen LogP contribution in [0, 0.1) is 17.2 Å². The SMILES string of the molecule is CC(C)CC(=O)N1CCCC[C@H]1COc1cccc(N)c1C#N. The van der Waals surface area contributed by atoms with Crippen LogP contribution in [0.4, 0.5) is 5.69 Å². The second-order valence-corrected chi connectivity index (χ2v) is 6.48. The van der Waals surface area contributed by atoms with Crippen LogP contribution in [0.5, 0.6) is 5.75 Å². The number of amides is 1. The van der Waals surface area contributed by atoms with Gasteiger partial charge in [-0.3, -0.25) is 4.79 Å². The molecule has 2 rings (SSSR count). The molecule has 5 heteroatoms. The standard InChI is InChI=1S/C18H25N3O2/c1-13(2)10-18(22)21-9-4-3-6-14(21)12-23-17-8-5-7-16(20)15(17)11-19/h5,7-8,13-14H,3-4,6,9-10,12,20H2,1-2H3/t14-/m0/s1. The predicted octanol–water partition coefficient (Wildman–Crippen LogP) is 2.95. The highest BCUT2D eigenvalue weighted by Gasteiger charge is 2.27. The Balaban J connectivity index is 2.04. The molecule has 1 heterocycles. The Kier molecular flexibility index (Phi) is 5.86. The van der Waals surface area contributed by atoms with Crippen LogP contribution in [0.1, 0.15) is 45.1 Å². The summed E-state index contributed by atoms with van der Waals surface area (Å²) in [4.78, 5) is 14.4. The van der Waals surface area contributed by atoms with Gasteiger partial charge in [-0.1, -0.05) is 19.9 Å². The third kappa shape index (κ3) is 4.38. The van der Waals surface area contributed by atoms with Crippen LogP contribution < -0.4 is 10.5 Å². The first-order valence-electron chi connectivity index (χ1n) is 8.23. The molecule has 1 aliphatic heterocycles. The fraction of sp³-hybridized carbons (Fsp3) is 0.556. The van der Waals surface area contributed by atoms with Gasteiger partial charge in [0.1, 0.15) is 24.0 Å². The van der Waals surface area contributed by atoms with Crippen LogP contribution in [0.25, 0.3) is 0 Å². The molecule has 0 aromatic heterocycles. The molecule has 0 spiro atoms. The minimum Gasteiger partial charge on any atom is -0.490 e. The van der Waals surface area contributed by atoms with Gasteiger partial charge in [-0.05, 0) is 37.3 Å². The van der Waals surface area contributed by atoms with Crippen molar-refractivity contribution in [1.82, 2.24) is 4.90 Å². The van der Waals surface area contributed by atoms with Gasteiger partial charge in [0.25, 0.3) is 0 Å². The zero-order chi connectivity index (χ0) is 16.8. The first-order chi connectivity index (χ1) is 11.0. The molecule has 5 nitrogen and oxygen atoms in total. The van der Waals surface area contributed by atoms with Gasteiger partial charge < -0.3 is 15.4 Å². The third-order valence-electron chi connectivity index (χ3n) is 4.13. The number of rotatable bonds is 5. The molecule has 0 bridgehead atoms. The molecule has 1 atom stereocenters. The van der Waals surface area contributed by atoms with Crippen LogP contribution in [0.2, 0.25) is 0 Å². The largest absolute Gasteiger partial charge is 0.490 e. The first kappa shape index (κ1) is 17.1. The van der Waals surface area contributed by atoms with E-state index in [1.807, 2.05) is 4.90 Å². The molecule has 0 radical (unpaired) electrons. The van der Waals surface area contributed by atoms with E-state index in [2.05, 4.69) is 19.9 Å². The minimum atomic E-state index is 0.0722. The molecule has 1 aromatic rings. The zero-order valence-corrected chi connectivity index (χ0v) is 13.9. The highest BCUT2D eigenvalue weighted by molar-refractivity contribution is 5.76. The number of benzene rings is 1. The number of hydrogen-bond acceptors (Lipinski definition) is 4. The number of piperidine rings is 1. The Morgan fingerprint density at radius 3 is 2.96 bits per heavy atom. The van der Waals surface area contributed by atoms with Gasteiger partial charge >= 0.3 is 0 Å². The van der Waals surface area contributed by atoms with Crippen molar-refractivity contribution in [1.29, 1.82) is 5.26 Å². The molecule has 0 aliphatic carbocycles. The van der Waals surface area contributed by atoms with Crippen molar-refractivity contribution in [3.05, 3.63) is 23.8 Å². The van der Waals surface area contributed by atoms with E-state index >= 15 is 0 Å². The lowest BCUT2D eigenvalue weighted by atomic mass is 10.0. The lowest BCUT2D eigenvalue weighted by molar-refractivity contribution is -0.136. The Hall–Kier alpha value is -2.22. The van der Waals surface area contributed by atoms with Gasteiger partial charge in [0.05, 0.1) is 11.7 Å². The topological polar surface area (TPSA) is 79.3 Å². The molecule has 0 saturated carbocycles. The van der Waals surface area contributed by atoms with Crippen molar-refractivity contribution >= 4 is 11.6 Å². The first-order valence-corrected chi connectivity index (χ1v) is 8.23. The number of hydrogen-bond donors (Lipinski definition) is 1. The lowest BCUT2D eigenvalue weighted by Crippen LogP contribution is -2.47. The molecular weight excluding hydrogens is 290 g/mol. The Morgan fingerprint density at radius 1 is 1.48 bits per heavy atom. The number of ether oxygens (including phenoxy) is 1. The number of nitrogens with two attached hydrogens (primary N) is 1. The highest BCUT2D eigenvalue weighted by Crippen LogP contribution is 2.25. The molecule has 0 unspecified atom stereocenters. The molecule has 124 valence electrons. The third-order valence-corrected chi connectivity index (χ3v) is 4.13. The molecule has 1 aliphatic rings. The van der Waals surface area contributed by atoms with Gasteiger partial charge in [-0.2, -0.15) is 5.26 Å². The molecule has 1 aromatic carbocycles. The molecule has 2 N–H and O–H groups in total. The maximum Gasteiger partial charge on any atom is 0.223 e. The van der Waals surface area contributed by atoms with Crippen LogP contribution >= 0.6 is 0 Å². The number of likely N-dealkylation sites (tertiary alicyclic amines) is 1. The maximum absolute atomic E-state index is 12.4. The number of carbonyl (C=O) groups is 1. The van der Waals surface area contributed by atoms with Crippen LogP contribution in [0.15, 0.2) is 18.2 Å². The van der Waals surface area contributed by atoms with E-state index < -0.39 is 0 Å². The summed E-state index contributed by atoms with van der Waals surface area (Å²) in [6.45, 7) is 5.31. The summed E-state index contributed by atoms with van der Waals surface area (Å²) in [5.41, 5.74) is 6.59. The van der Waals surface area contributed by atoms with Crippen molar-refractivity contribution in [3.8, 4) is 11.8 Å². The predicted molar refractivity (Wildman–Crippen MR) is 89.9 cm³/mol. The number of nitriles is 1. The monoisotopic (exact) mass is 315 g/mol. The van der Waals surface area contributed by atoms with Crippen LogP contribution in [0.3, 0.4) is 0 Å². The van der Waals surface area contributed by atoms with E-state index in [1.165, 1.54) is 0 Å². The second kappa shape index (κ2) is 7.87. The van der Waals surface area contributed by atoms with E-state index in [9.17, 15) is 10.1 Å². The van der Waals surface area contributed by atoms with Crippen molar-refractivity contribution < 1.29 is 9.53 Å². The van der Waals surface area contributed by atoms with E-state index in [-0.39, 0.29) is 11.9 Å². The van der Waals surface area contributed by atoms with Crippen molar-refractivity contribution in [2.75, 3.05) is 18.9 Å². The van der Waals surface area contributed by atoms with E-state index in [1.54, 1.807) is 18.2 Å². The van der Waals surface area contributed by atoms with E-state index in [0.717, 1.165) is 25.8 Å². The summed E-state index contributed by atoms with van der Waals surface area (Å²) in [7, 11) is 0. The highest BCUT2D eigenvalue weighted by atomic mass is 16.5. The summed E-state index contributed by atoms with van der Waals surface area (Å²) in [6.07, 6.45) is 3.65. The molecule has 1 fully saturated rings. The summed E-state index contributed by atoms with van der Waals surface area (Å²) in [6, 6.07) is 7.36. The summed E-state index contributed by atoms with van der Waals surface area (Å²) in [5.74, 6) is 1.04. The average molecular weight is 315 g/mol. The smallest absolute Gasteiger partial charge is 0.223 e. The Morgan fingerprint density at radius 2 is 2.26 bits per heavy atom. The zero-order valence-electron chi connectivity index (χ0n) is 13.9. The van der Waals surface area contributed by atoms with Gasteiger partial charge in [-0.15, -0.1) is 0 Å². The van der Waals surface area contributed by atoms with Gasteiger partial charge in [0.15, 0.2) is 0 Å².